The number of benzene rings is 1. The van der Waals surface area contributed by atoms with Gasteiger partial charge in [-0.25, -0.2) is 0 Å². The molecule has 0 spiro atoms. The molecule has 6 nitrogen and oxygen atoms in total. The Balaban J connectivity index is 1.92. The number of non-ortho nitro benzene ring substituents is 1. The van der Waals surface area contributed by atoms with Gasteiger partial charge >= 0.3 is 0 Å². The summed E-state index contributed by atoms with van der Waals surface area (Å²) in [6, 6.07) is 6.05. The van der Waals surface area contributed by atoms with E-state index in [4.69, 9.17) is 15.2 Å². The zero-order chi connectivity index (χ0) is 13.8. The number of nitrogens with zero attached hydrogens (tertiary/aromatic N) is 1. The second-order valence-electron chi connectivity index (χ2n) is 4.64. The van der Waals surface area contributed by atoms with Crippen molar-refractivity contribution in [2.75, 3.05) is 6.61 Å². The fraction of sp³-hybridized carbons (Fsp3) is 0.538. The maximum Gasteiger partial charge on any atom is 0.269 e. The van der Waals surface area contributed by atoms with Crippen LogP contribution in [0.2, 0.25) is 0 Å². The number of hydrogen-bond donors (Lipinski definition) is 1. The van der Waals surface area contributed by atoms with Crippen LogP contribution in [0.25, 0.3) is 0 Å². The van der Waals surface area contributed by atoms with Crippen molar-refractivity contribution in [3.8, 4) is 5.75 Å². The van der Waals surface area contributed by atoms with Crippen LogP contribution in [0.4, 0.5) is 5.69 Å². The van der Waals surface area contributed by atoms with Gasteiger partial charge in [-0.3, -0.25) is 10.1 Å². The van der Waals surface area contributed by atoms with Crippen LogP contribution in [0.5, 0.6) is 5.75 Å². The Morgan fingerprint density at radius 2 is 2.11 bits per heavy atom. The Labute approximate surface area is 111 Å². The first-order valence-electron chi connectivity index (χ1n) is 6.40. The molecule has 0 aromatic heterocycles. The summed E-state index contributed by atoms with van der Waals surface area (Å²) in [5.41, 5.74) is 5.93. The van der Waals surface area contributed by atoms with Crippen LogP contribution in [0, 0.1) is 10.1 Å². The highest BCUT2D eigenvalue weighted by Crippen LogP contribution is 2.28. The molecular formula is C13H18N2O4. The molecule has 1 aromatic carbocycles. The van der Waals surface area contributed by atoms with Crippen molar-refractivity contribution in [2.45, 2.75) is 38.0 Å². The molecule has 3 atom stereocenters. The molecule has 19 heavy (non-hydrogen) atoms. The highest BCUT2D eigenvalue weighted by Gasteiger charge is 2.41. The van der Waals surface area contributed by atoms with Crippen molar-refractivity contribution in [1.82, 2.24) is 0 Å². The predicted molar refractivity (Wildman–Crippen MR) is 70.1 cm³/mol. The van der Waals surface area contributed by atoms with Gasteiger partial charge in [0.05, 0.1) is 4.92 Å². The van der Waals surface area contributed by atoms with E-state index in [0.29, 0.717) is 12.4 Å². The first-order chi connectivity index (χ1) is 9.11. The second-order valence-corrected chi connectivity index (χ2v) is 4.64. The summed E-state index contributed by atoms with van der Waals surface area (Å²) in [5.74, 6) is 0.604. The van der Waals surface area contributed by atoms with Gasteiger partial charge in [-0.15, -0.1) is 0 Å². The number of nitro benzene ring substituents is 1. The second kappa shape index (κ2) is 5.99. The summed E-state index contributed by atoms with van der Waals surface area (Å²) >= 11 is 0. The van der Waals surface area contributed by atoms with E-state index in [1.807, 2.05) is 6.92 Å². The van der Waals surface area contributed by atoms with Gasteiger partial charge in [-0.2, -0.15) is 0 Å². The van der Waals surface area contributed by atoms with E-state index < -0.39 is 4.92 Å². The first kappa shape index (κ1) is 13.8. The highest BCUT2D eigenvalue weighted by molar-refractivity contribution is 5.36. The third-order valence-corrected chi connectivity index (χ3v) is 3.14. The predicted octanol–water partition coefficient (Wildman–Crippen LogP) is 1.87. The van der Waals surface area contributed by atoms with E-state index in [-0.39, 0.29) is 23.9 Å². The van der Waals surface area contributed by atoms with Gasteiger partial charge in [0.2, 0.25) is 0 Å². The summed E-state index contributed by atoms with van der Waals surface area (Å²) in [5, 5.41) is 10.5. The largest absolute Gasteiger partial charge is 0.488 e. The molecule has 0 amide bonds. The molecule has 0 aliphatic heterocycles. The zero-order valence-electron chi connectivity index (χ0n) is 10.8. The minimum atomic E-state index is -0.434. The van der Waals surface area contributed by atoms with Crippen molar-refractivity contribution < 1.29 is 14.4 Å². The highest BCUT2D eigenvalue weighted by atomic mass is 16.6. The van der Waals surface area contributed by atoms with E-state index in [1.165, 1.54) is 12.1 Å². The number of hydrogen-bond acceptors (Lipinski definition) is 5. The molecule has 3 unspecified atom stereocenters. The Bertz CT molecular complexity index is 435. The molecule has 1 saturated carbocycles. The topological polar surface area (TPSA) is 87.6 Å². The Morgan fingerprint density at radius 3 is 2.63 bits per heavy atom. The van der Waals surface area contributed by atoms with Crippen LogP contribution < -0.4 is 10.5 Å². The fourth-order valence-corrected chi connectivity index (χ4v) is 2.04. The normalized spacial score (nSPS) is 25.7. The van der Waals surface area contributed by atoms with Crippen LogP contribution in [-0.2, 0) is 4.74 Å². The van der Waals surface area contributed by atoms with Crippen molar-refractivity contribution in [2.24, 2.45) is 5.73 Å². The maximum absolute atomic E-state index is 10.5. The van der Waals surface area contributed by atoms with Crippen LogP contribution in [0.3, 0.4) is 0 Å². The van der Waals surface area contributed by atoms with Crippen LogP contribution in [0.15, 0.2) is 24.3 Å². The minimum Gasteiger partial charge on any atom is -0.488 e. The van der Waals surface area contributed by atoms with Gasteiger partial charge in [0.1, 0.15) is 18.0 Å². The van der Waals surface area contributed by atoms with Crippen molar-refractivity contribution in [3.63, 3.8) is 0 Å². The molecule has 104 valence electrons. The number of rotatable bonds is 6. The quantitative estimate of drug-likeness (QED) is 0.627. The number of ether oxygens (including phenoxy) is 2. The Morgan fingerprint density at radius 1 is 1.42 bits per heavy atom. The molecule has 0 bridgehead atoms. The third-order valence-electron chi connectivity index (χ3n) is 3.14. The lowest BCUT2D eigenvalue weighted by Gasteiger charge is -2.41. The molecule has 1 aliphatic rings. The van der Waals surface area contributed by atoms with E-state index in [2.05, 4.69) is 0 Å². The summed E-state index contributed by atoms with van der Waals surface area (Å²) in [4.78, 5) is 10.1. The average Bonchev–Trinajstić information content (AvgIpc) is 2.39. The molecule has 1 aliphatic carbocycles. The van der Waals surface area contributed by atoms with Gasteiger partial charge in [0, 0.05) is 31.2 Å². The Kier molecular flexibility index (Phi) is 4.34. The molecule has 0 radical (unpaired) electrons. The molecule has 2 N–H and O–H groups in total. The lowest BCUT2D eigenvalue weighted by atomic mass is 9.86. The van der Waals surface area contributed by atoms with E-state index in [9.17, 15) is 10.1 Å². The van der Waals surface area contributed by atoms with Crippen molar-refractivity contribution in [3.05, 3.63) is 34.4 Å². The molecule has 6 heteroatoms. The Hall–Kier alpha value is -1.66. The fourth-order valence-electron chi connectivity index (χ4n) is 2.04. The summed E-state index contributed by atoms with van der Waals surface area (Å²) in [6.07, 6.45) is 1.52. The smallest absolute Gasteiger partial charge is 0.269 e. The van der Waals surface area contributed by atoms with Gasteiger partial charge in [0.15, 0.2) is 0 Å². The van der Waals surface area contributed by atoms with Gasteiger partial charge in [-0.05, 0) is 18.6 Å². The van der Waals surface area contributed by atoms with E-state index in [1.54, 1.807) is 12.1 Å². The molecule has 0 saturated heterocycles. The zero-order valence-corrected chi connectivity index (χ0v) is 10.8. The molecule has 0 heterocycles. The van der Waals surface area contributed by atoms with E-state index >= 15 is 0 Å². The minimum absolute atomic E-state index is 0.00889. The SMILES string of the molecule is CCCOC1C(N)CC1Oc1ccc([N+](=O)[O-])cc1. The summed E-state index contributed by atoms with van der Waals surface area (Å²) in [7, 11) is 0. The molecule has 1 fully saturated rings. The van der Waals surface area contributed by atoms with Gasteiger partial charge in [-0.1, -0.05) is 6.92 Å². The number of nitrogens with two attached hydrogens (primary N) is 1. The summed E-state index contributed by atoms with van der Waals surface area (Å²) < 4.78 is 11.4. The van der Waals surface area contributed by atoms with Crippen LogP contribution in [-0.4, -0.2) is 29.8 Å². The molecular weight excluding hydrogens is 248 g/mol. The lowest BCUT2D eigenvalue weighted by Crippen LogP contribution is -2.59. The van der Waals surface area contributed by atoms with Crippen molar-refractivity contribution >= 4 is 5.69 Å². The van der Waals surface area contributed by atoms with Gasteiger partial charge in [0.25, 0.3) is 5.69 Å². The molecule has 2 rings (SSSR count). The van der Waals surface area contributed by atoms with Gasteiger partial charge < -0.3 is 15.2 Å². The standard InChI is InChI=1S/C13H18N2O4/c1-2-7-18-13-11(14)8-12(13)19-10-5-3-9(4-6-10)15(16)17/h3-6,11-13H,2,7-8,14H2,1H3. The summed E-state index contributed by atoms with van der Waals surface area (Å²) in [6.45, 7) is 2.70. The maximum atomic E-state index is 10.5. The van der Waals surface area contributed by atoms with E-state index in [0.717, 1.165) is 12.8 Å². The van der Waals surface area contributed by atoms with Crippen molar-refractivity contribution in [1.29, 1.82) is 0 Å². The van der Waals surface area contributed by atoms with Crippen LogP contribution >= 0.6 is 0 Å². The molecule has 1 aromatic rings. The number of nitro groups is 1. The average molecular weight is 266 g/mol. The monoisotopic (exact) mass is 266 g/mol. The lowest BCUT2D eigenvalue weighted by molar-refractivity contribution is -0.384. The first-order valence-corrected chi connectivity index (χ1v) is 6.40. The third kappa shape index (κ3) is 3.21. The van der Waals surface area contributed by atoms with Crippen LogP contribution in [0.1, 0.15) is 19.8 Å².